The lowest BCUT2D eigenvalue weighted by Crippen LogP contribution is -2.35. The van der Waals surface area contributed by atoms with Crippen LogP contribution in [-0.2, 0) is 21.4 Å². The number of nitrogens with two attached hydrogens (primary N) is 1. The van der Waals surface area contributed by atoms with Gasteiger partial charge in [-0.1, -0.05) is 13.5 Å². The average Bonchev–Trinajstić information content (AvgIpc) is 3.58. The number of carbonyl (C=O) groups is 1. The largest absolute Gasteiger partial charge is 0.366 e. The van der Waals surface area contributed by atoms with Crippen LogP contribution < -0.4 is 21.7 Å². The number of aromatic nitrogens is 2. The highest BCUT2D eigenvalue weighted by atomic mass is 32.2. The van der Waals surface area contributed by atoms with Gasteiger partial charge in [-0.05, 0) is 62.3 Å². The van der Waals surface area contributed by atoms with Gasteiger partial charge in [0.05, 0.1) is 15.8 Å². The van der Waals surface area contributed by atoms with Gasteiger partial charge < -0.3 is 5.73 Å². The van der Waals surface area contributed by atoms with Crippen molar-refractivity contribution in [1.29, 1.82) is 0 Å². The summed E-state index contributed by atoms with van der Waals surface area (Å²) in [6.07, 6.45) is 4.74. The molecule has 1 amide bonds. The van der Waals surface area contributed by atoms with Crippen molar-refractivity contribution in [1.82, 2.24) is 14.3 Å². The number of H-pyrrole nitrogens is 1. The van der Waals surface area contributed by atoms with E-state index in [4.69, 9.17) is 0 Å². The summed E-state index contributed by atoms with van der Waals surface area (Å²) < 4.78 is 29.3. The van der Waals surface area contributed by atoms with Crippen LogP contribution in [0.4, 0.5) is 0 Å². The maximum absolute atomic E-state index is 12.5. The van der Waals surface area contributed by atoms with Crippen LogP contribution in [0.25, 0.3) is 10.9 Å². The predicted octanol–water partition coefficient (Wildman–Crippen LogP) is 0.978. The number of fused-ring (bicyclic) bond motifs is 1. The molecule has 9 nitrogen and oxygen atoms in total. The number of sulfonamides is 1. The van der Waals surface area contributed by atoms with Crippen molar-refractivity contribution >= 4 is 26.8 Å². The third kappa shape index (κ3) is 4.88. The number of nitrogens with one attached hydrogen (secondary N) is 2. The molecule has 2 aliphatic carbocycles. The first-order valence-corrected chi connectivity index (χ1v) is 11.1. The van der Waals surface area contributed by atoms with Crippen molar-refractivity contribution in [2.45, 2.75) is 56.5 Å². The number of rotatable bonds is 6. The van der Waals surface area contributed by atoms with E-state index in [1.807, 2.05) is 6.92 Å². The van der Waals surface area contributed by atoms with Crippen LogP contribution in [0.15, 0.2) is 45.3 Å². The monoisotopic (exact) mass is 434 g/mol. The lowest BCUT2D eigenvalue weighted by atomic mass is 10.1. The van der Waals surface area contributed by atoms with E-state index in [9.17, 15) is 22.8 Å². The van der Waals surface area contributed by atoms with E-state index in [1.165, 1.54) is 16.7 Å². The molecule has 1 aromatic carbocycles. The Balaban J connectivity index is 0.000000461. The van der Waals surface area contributed by atoms with Crippen LogP contribution in [0, 0.1) is 5.41 Å². The molecule has 0 saturated heterocycles. The standard InChI is InChI=1S/C17H21N3O4S.C3H5NO/c1-16(5-6-16)10-20-13-4-3-11(9-12(13)14(21)18-15(20)22)25(23,24)19-17(2)7-8-17;1-2-3(4)5/h3-4,9,19H,5-8,10H2,1-2H3,(H,18,21,22);2H,1H2,(H2,4,5). The minimum absolute atomic E-state index is 0.0430. The van der Waals surface area contributed by atoms with Crippen molar-refractivity contribution in [3.63, 3.8) is 0 Å². The first kappa shape index (κ1) is 22.0. The molecule has 30 heavy (non-hydrogen) atoms. The fourth-order valence-corrected chi connectivity index (χ4v) is 4.51. The van der Waals surface area contributed by atoms with Crippen LogP contribution in [0.3, 0.4) is 0 Å². The van der Waals surface area contributed by atoms with E-state index in [0.717, 1.165) is 31.8 Å². The zero-order valence-electron chi connectivity index (χ0n) is 17.0. The number of aromatic amines is 1. The van der Waals surface area contributed by atoms with Crippen molar-refractivity contribution < 1.29 is 13.2 Å². The van der Waals surface area contributed by atoms with Crippen LogP contribution in [0.5, 0.6) is 0 Å². The van der Waals surface area contributed by atoms with Gasteiger partial charge in [0.1, 0.15) is 0 Å². The van der Waals surface area contributed by atoms with E-state index >= 15 is 0 Å². The second-order valence-corrected chi connectivity index (χ2v) is 10.3. The Bertz CT molecular complexity index is 1230. The molecule has 4 N–H and O–H groups in total. The Labute approximate surface area is 174 Å². The van der Waals surface area contributed by atoms with E-state index < -0.39 is 27.2 Å². The Morgan fingerprint density at radius 2 is 1.87 bits per heavy atom. The lowest BCUT2D eigenvalue weighted by Gasteiger charge is -2.15. The summed E-state index contributed by atoms with van der Waals surface area (Å²) in [6.45, 7) is 7.55. The average molecular weight is 435 g/mol. The van der Waals surface area contributed by atoms with Gasteiger partial charge in [-0.25, -0.2) is 17.9 Å². The van der Waals surface area contributed by atoms with Gasteiger partial charge in [-0.2, -0.15) is 0 Å². The Morgan fingerprint density at radius 3 is 2.37 bits per heavy atom. The number of amides is 1. The van der Waals surface area contributed by atoms with Gasteiger partial charge >= 0.3 is 5.69 Å². The van der Waals surface area contributed by atoms with Gasteiger partial charge in [0.25, 0.3) is 5.56 Å². The molecule has 0 spiro atoms. The highest BCUT2D eigenvalue weighted by Crippen LogP contribution is 2.46. The number of carbonyl (C=O) groups excluding carboxylic acids is 1. The maximum Gasteiger partial charge on any atom is 0.328 e. The van der Waals surface area contributed by atoms with Gasteiger partial charge in [0.15, 0.2) is 0 Å². The zero-order valence-corrected chi connectivity index (χ0v) is 17.8. The summed E-state index contributed by atoms with van der Waals surface area (Å²) in [6, 6.07) is 4.37. The van der Waals surface area contributed by atoms with Crippen LogP contribution in [0.2, 0.25) is 0 Å². The molecule has 0 aliphatic heterocycles. The predicted molar refractivity (Wildman–Crippen MR) is 114 cm³/mol. The molecule has 0 bridgehead atoms. The highest BCUT2D eigenvalue weighted by Gasteiger charge is 2.41. The smallest absolute Gasteiger partial charge is 0.328 e. The number of hydrogen-bond donors (Lipinski definition) is 3. The van der Waals surface area contributed by atoms with Gasteiger partial charge in [0, 0.05) is 12.1 Å². The van der Waals surface area contributed by atoms with E-state index in [2.05, 4.69) is 28.9 Å². The van der Waals surface area contributed by atoms with Gasteiger partial charge in [0.2, 0.25) is 15.9 Å². The van der Waals surface area contributed by atoms with Crippen molar-refractivity contribution in [3.8, 4) is 0 Å². The Morgan fingerprint density at radius 1 is 1.27 bits per heavy atom. The molecule has 162 valence electrons. The van der Waals surface area contributed by atoms with Crippen molar-refractivity contribution in [3.05, 3.63) is 51.7 Å². The SMILES string of the molecule is C=CC(N)=O.CC1(Cn2c(=O)[nH]c(=O)c3cc(S(=O)(=O)NC4(C)CC4)ccc32)CC1. The molecule has 2 aromatic rings. The fourth-order valence-electron chi connectivity index (χ4n) is 3.02. The summed E-state index contributed by atoms with van der Waals surface area (Å²) in [4.78, 5) is 36.3. The third-order valence-corrected chi connectivity index (χ3v) is 7.14. The number of primary amides is 1. The molecular weight excluding hydrogens is 408 g/mol. The minimum atomic E-state index is -3.70. The van der Waals surface area contributed by atoms with E-state index in [0.29, 0.717) is 12.1 Å². The second-order valence-electron chi connectivity index (χ2n) is 8.61. The maximum atomic E-state index is 12.5. The highest BCUT2D eigenvalue weighted by molar-refractivity contribution is 7.89. The Hall–Kier alpha value is -2.72. The molecule has 2 saturated carbocycles. The van der Waals surface area contributed by atoms with Crippen molar-refractivity contribution in [2.24, 2.45) is 11.1 Å². The fraction of sp³-hybridized carbons (Fsp3) is 0.450. The molecular formula is C20H26N4O5S. The summed E-state index contributed by atoms with van der Waals surface area (Å²) in [5.41, 5.74) is 3.67. The molecule has 1 aromatic heterocycles. The minimum Gasteiger partial charge on any atom is -0.366 e. The van der Waals surface area contributed by atoms with Crippen molar-refractivity contribution in [2.75, 3.05) is 0 Å². The van der Waals surface area contributed by atoms with E-state index in [-0.39, 0.29) is 21.2 Å². The third-order valence-electron chi connectivity index (χ3n) is 5.50. The molecule has 10 heteroatoms. The zero-order chi connectivity index (χ0) is 22.3. The number of hydrogen-bond acceptors (Lipinski definition) is 5. The lowest BCUT2D eigenvalue weighted by molar-refractivity contribution is -0.113. The summed E-state index contributed by atoms with van der Waals surface area (Å²) in [5, 5.41) is 0.215. The number of nitrogens with zero attached hydrogens (tertiary/aromatic N) is 1. The first-order valence-electron chi connectivity index (χ1n) is 9.61. The quantitative estimate of drug-likeness (QED) is 0.581. The van der Waals surface area contributed by atoms with Crippen LogP contribution >= 0.6 is 0 Å². The molecule has 2 fully saturated rings. The summed E-state index contributed by atoms with van der Waals surface area (Å²) >= 11 is 0. The molecule has 1 heterocycles. The molecule has 0 atom stereocenters. The second kappa shape index (κ2) is 7.51. The van der Waals surface area contributed by atoms with Gasteiger partial charge in [-0.15, -0.1) is 0 Å². The first-order chi connectivity index (χ1) is 13.9. The topological polar surface area (TPSA) is 144 Å². The number of benzene rings is 1. The normalized spacial score (nSPS) is 18.2. The van der Waals surface area contributed by atoms with Gasteiger partial charge in [-0.3, -0.25) is 19.1 Å². The molecule has 0 unspecified atom stereocenters. The van der Waals surface area contributed by atoms with Crippen LogP contribution in [0.1, 0.15) is 39.5 Å². The molecule has 0 radical (unpaired) electrons. The van der Waals surface area contributed by atoms with E-state index in [1.54, 1.807) is 6.07 Å². The summed E-state index contributed by atoms with van der Waals surface area (Å²) in [7, 11) is -3.70. The summed E-state index contributed by atoms with van der Waals surface area (Å²) in [5.74, 6) is -0.481. The molecule has 4 rings (SSSR count). The van der Waals surface area contributed by atoms with Crippen LogP contribution in [-0.4, -0.2) is 29.4 Å². The Kier molecular flexibility index (Phi) is 5.50. The molecule has 2 aliphatic rings.